The third kappa shape index (κ3) is 4.70. The summed E-state index contributed by atoms with van der Waals surface area (Å²) in [7, 11) is 0. The maximum Gasteiger partial charge on any atom is 0.0787 e. The lowest BCUT2D eigenvalue weighted by atomic mass is 9.93. The van der Waals surface area contributed by atoms with Gasteiger partial charge in [-0.3, -0.25) is 4.98 Å². The molecule has 0 bridgehead atoms. The lowest BCUT2D eigenvalue weighted by Gasteiger charge is -2.19. The van der Waals surface area contributed by atoms with Gasteiger partial charge in [0, 0.05) is 60.9 Å². The molecule has 4 heteroatoms. The number of hydrogen-bond acceptors (Lipinski definition) is 2. The Kier molecular flexibility index (Phi) is 6.73. The van der Waals surface area contributed by atoms with Gasteiger partial charge in [0.2, 0.25) is 0 Å². The number of nitrogens with zero attached hydrogens (tertiary/aromatic N) is 3. The molecule has 0 aliphatic rings. The maximum atomic E-state index is 5.16. The summed E-state index contributed by atoms with van der Waals surface area (Å²) in [5, 5.41) is 10.8. The number of pyridine rings is 1. The lowest BCUT2D eigenvalue weighted by Crippen LogP contribution is -2.05. The van der Waals surface area contributed by atoms with Crippen molar-refractivity contribution in [1.29, 1.82) is 0 Å². The Hall–Kier alpha value is -6.75. The zero-order valence-electron chi connectivity index (χ0n) is 28.6. The standard InChI is InChI=1S/C49H31N3S/c1-3-13-33(14-4-1)51-27-28-52(34-15-5-2-6-16-34)46-31-44-43(30-45(46)51)42-29-32(35-20-11-21-41-39-19-9-10-23-47(39)53-49(35)41)24-25-38(42)36-17-7-8-18-37(36)40-22-12-26-50-48(40)44/h1-31H. The van der Waals surface area contributed by atoms with Crippen molar-refractivity contribution >= 4 is 85.8 Å². The summed E-state index contributed by atoms with van der Waals surface area (Å²) in [6.07, 6.45) is 6.28. The molecule has 248 valence electrons. The van der Waals surface area contributed by atoms with Crippen LogP contribution in [0.4, 0.5) is 0 Å². The molecule has 8 aromatic carbocycles. The van der Waals surface area contributed by atoms with E-state index in [0.717, 1.165) is 44.1 Å². The van der Waals surface area contributed by atoms with E-state index < -0.39 is 0 Å². The molecule has 0 radical (unpaired) electrons. The molecule has 0 fully saturated rings. The average molecular weight is 694 g/mol. The molecule has 0 saturated heterocycles. The van der Waals surface area contributed by atoms with Crippen LogP contribution in [0.25, 0.3) is 96.9 Å². The van der Waals surface area contributed by atoms with Crippen molar-refractivity contribution in [3.63, 3.8) is 0 Å². The fraction of sp³-hybridized carbons (Fsp3) is 0. The van der Waals surface area contributed by atoms with Gasteiger partial charge in [-0.1, -0.05) is 115 Å². The first-order valence-electron chi connectivity index (χ1n) is 18.0. The minimum atomic E-state index is 0.981. The van der Waals surface area contributed by atoms with E-state index in [1.165, 1.54) is 52.8 Å². The number of rotatable bonds is 3. The van der Waals surface area contributed by atoms with Crippen LogP contribution in [0.1, 0.15) is 0 Å². The third-order valence-corrected chi connectivity index (χ3v) is 11.9. The summed E-state index contributed by atoms with van der Waals surface area (Å²) in [6.45, 7) is 0. The van der Waals surface area contributed by atoms with Crippen molar-refractivity contribution in [3.8, 4) is 22.5 Å². The first kappa shape index (κ1) is 29.9. The van der Waals surface area contributed by atoms with Crippen LogP contribution in [0, 0.1) is 0 Å². The maximum absolute atomic E-state index is 5.16. The van der Waals surface area contributed by atoms with Crippen molar-refractivity contribution in [2.24, 2.45) is 0 Å². The van der Waals surface area contributed by atoms with Crippen molar-refractivity contribution in [2.75, 3.05) is 0 Å². The van der Waals surface area contributed by atoms with E-state index in [0.29, 0.717) is 0 Å². The highest BCUT2D eigenvalue weighted by molar-refractivity contribution is 7.26. The van der Waals surface area contributed by atoms with Gasteiger partial charge in [0.1, 0.15) is 0 Å². The van der Waals surface area contributed by atoms with E-state index in [4.69, 9.17) is 4.98 Å². The Labute approximate surface area is 309 Å². The highest BCUT2D eigenvalue weighted by Gasteiger charge is 2.16. The van der Waals surface area contributed by atoms with Crippen molar-refractivity contribution in [3.05, 3.63) is 188 Å². The number of aromatic nitrogens is 3. The van der Waals surface area contributed by atoms with Crippen LogP contribution in [-0.2, 0) is 0 Å². The topological polar surface area (TPSA) is 22.8 Å². The summed E-state index contributed by atoms with van der Waals surface area (Å²) >= 11 is 1.88. The number of thiophene rings is 1. The van der Waals surface area contributed by atoms with Gasteiger partial charge in [-0.05, 0) is 92.7 Å². The molecule has 0 saturated carbocycles. The molecule has 0 aliphatic heterocycles. The molecule has 11 rings (SSSR count). The SMILES string of the molecule is c1ccc(-n2ccn(-c3ccccc3)c3cc4c(cc32)c2cc(-c3cccc5c3sc3ccccc35)ccc2c2ccccc2c2cccnc24)cc1. The van der Waals surface area contributed by atoms with Crippen LogP contribution in [0.15, 0.2) is 188 Å². The van der Waals surface area contributed by atoms with Gasteiger partial charge >= 0.3 is 0 Å². The summed E-state index contributed by atoms with van der Waals surface area (Å²) in [5.41, 5.74) is 7.86. The van der Waals surface area contributed by atoms with Crippen LogP contribution in [-0.4, -0.2) is 14.1 Å². The first-order valence-corrected chi connectivity index (χ1v) is 18.8. The Morgan fingerprint density at radius 1 is 0.396 bits per heavy atom. The second-order valence-electron chi connectivity index (χ2n) is 13.6. The molecule has 11 aromatic rings. The zero-order valence-corrected chi connectivity index (χ0v) is 29.5. The van der Waals surface area contributed by atoms with Crippen LogP contribution < -0.4 is 0 Å². The highest BCUT2D eigenvalue weighted by atomic mass is 32.1. The molecule has 3 aromatic heterocycles. The molecular formula is C49H31N3S. The molecule has 3 nitrogen and oxygen atoms in total. The summed E-state index contributed by atoms with van der Waals surface area (Å²) < 4.78 is 7.23. The van der Waals surface area contributed by atoms with Gasteiger partial charge in [0.15, 0.2) is 0 Å². The Bertz CT molecular complexity index is 3280. The Morgan fingerprint density at radius 3 is 1.70 bits per heavy atom. The Balaban J connectivity index is 1.35. The summed E-state index contributed by atoms with van der Waals surface area (Å²) in [4.78, 5) is 5.16. The predicted octanol–water partition coefficient (Wildman–Crippen LogP) is 13.6. The van der Waals surface area contributed by atoms with Gasteiger partial charge in [0.05, 0.1) is 16.6 Å². The largest absolute Gasteiger partial charge is 0.314 e. The second-order valence-corrected chi connectivity index (χ2v) is 14.6. The molecule has 3 heterocycles. The minimum Gasteiger partial charge on any atom is -0.314 e. The molecule has 0 aliphatic carbocycles. The van der Waals surface area contributed by atoms with E-state index in [2.05, 4.69) is 191 Å². The third-order valence-electron chi connectivity index (χ3n) is 10.7. The second kappa shape index (κ2) is 11.9. The Morgan fingerprint density at radius 2 is 0.962 bits per heavy atom. The van der Waals surface area contributed by atoms with E-state index in [-0.39, 0.29) is 0 Å². The first-order chi connectivity index (χ1) is 26.3. The monoisotopic (exact) mass is 693 g/mol. The summed E-state index contributed by atoms with van der Waals surface area (Å²) in [6, 6.07) is 61.6. The minimum absolute atomic E-state index is 0.981. The van der Waals surface area contributed by atoms with Gasteiger partial charge in [-0.15, -0.1) is 11.3 Å². The van der Waals surface area contributed by atoms with Crippen LogP contribution in [0.3, 0.4) is 0 Å². The molecule has 0 amide bonds. The molecular weight excluding hydrogens is 663 g/mol. The molecule has 0 spiro atoms. The number of para-hydroxylation sites is 2. The number of fused-ring (bicyclic) bond motifs is 12. The fourth-order valence-electron chi connectivity index (χ4n) is 8.24. The summed E-state index contributed by atoms with van der Waals surface area (Å²) in [5.74, 6) is 0. The van der Waals surface area contributed by atoms with Crippen LogP contribution in [0.5, 0.6) is 0 Å². The molecule has 0 unspecified atom stereocenters. The lowest BCUT2D eigenvalue weighted by molar-refractivity contribution is 1.01. The quantitative estimate of drug-likeness (QED) is 0.181. The van der Waals surface area contributed by atoms with Crippen molar-refractivity contribution in [1.82, 2.24) is 14.1 Å². The predicted molar refractivity (Wildman–Crippen MR) is 226 cm³/mol. The smallest absolute Gasteiger partial charge is 0.0787 e. The molecule has 0 atom stereocenters. The van der Waals surface area contributed by atoms with E-state index in [9.17, 15) is 0 Å². The highest BCUT2D eigenvalue weighted by Crippen LogP contribution is 2.43. The van der Waals surface area contributed by atoms with Crippen molar-refractivity contribution in [2.45, 2.75) is 0 Å². The van der Waals surface area contributed by atoms with Crippen LogP contribution in [0.2, 0.25) is 0 Å². The van der Waals surface area contributed by atoms with Crippen molar-refractivity contribution < 1.29 is 0 Å². The van der Waals surface area contributed by atoms with E-state index in [1.807, 2.05) is 17.5 Å². The van der Waals surface area contributed by atoms with E-state index in [1.54, 1.807) is 0 Å². The normalized spacial score (nSPS) is 11.8. The van der Waals surface area contributed by atoms with Gasteiger partial charge < -0.3 is 9.13 Å². The molecule has 53 heavy (non-hydrogen) atoms. The van der Waals surface area contributed by atoms with Gasteiger partial charge in [-0.2, -0.15) is 0 Å². The average Bonchev–Trinajstić information content (AvgIpc) is 3.62. The van der Waals surface area contributed by atoms with Gasteiger partial charge in [-0.25, -0.2) is 0 Å². The fourth-order valence-corrected chi connectivity index (χ4v) is 9.48. The van der Waals surface area contributed by atoms with Crippen LogP contribution >= 0.6 is 11.3 Å². The van der Waals surface area contributed by atoms with Gasteiger partial charge in [0.25, 0.3) is 0 Å². The zero-order chi connectivity index (χ0) is 34.9. The van der Waals surface area contributed by atoms with E-state index >= 15 is 0 Å². The molecule has 0 N–H and O–H groups in total. The number of benzene rings is 7. The number of hydrogen-bond donors (Lipinski definition) is 0.